The summed E-state index contributed by atoms with van der Waals surface area (Å²) in [6, 6.07) is 0. The number of aromatic nitrogens is 3. The summed E-state index contributed by atoms with van der Waals surface area (Å²) in [4.78, 5) is 31.2. The molecule has 0 spiro atoms. The summed E-state index contributed by atoms with van der Waals surface area (Å²) < 4.78 is 15.3. The van der Waals surface area contributed by atoms with Crippen molar-refractivity contribution in [3.8, 4) is 0 Å². The summed E-state index contributed by atoms with van der Waals surface area (Å²) in [5.41, 5.74) is 0.266. The molecule has 32 heavy (non-hydrogen) atoms. The van der Waals surface area contributed by atoms with Gasteiger partial charge in [-0.3, -0.25) is 14.6 Å². The van der Waals surface area contributed by atoms with E-state index in [0.29, 0.717) is 24.1 Å². The standard InChI is InChI=1S/C20H33IN6O4Si/c1-20(2,3)32(6,7)29-10-14-13(31-22)8-15(30-14)27-9-12(21)16-17(27)24-19(25-18(16)28)23-11-26(4)5/h9,11,13-15H,8,10,22H2,1-7H3,(H,24,25,28)/t13?,14-,15-/m1/s1. The van der Waals surface area contributed by atoms with Gasteiger partial charge in [0.1, 0.15) is 18.4 Å². The lowest BCUT2D eigenvalue weighted by Crippen LogP contribution is -2.44. The van der Waals surface area contributed by atoms with Crippen molar-refractivity contribution in [3.63, 3.8) is 0 Å². The van der Waals surface area contributed by atoms with Crippen molar-refractivity contribution < 1.29 is 14.0 Å². The minimum absolute atomic E-state index is 0.0885. The van der Waals surface area contributed by atoms with Crippen LogP contribution in [0, 0.1) is 3.57 Å². The molecule has 1 aliphatic rings. The summed E-state index contributed by atoms with van der Waals surface area (Å²) in [6.45, 7) is 11.4. The molecule has 3 heterocycles. The predicted molar refractivity (Wildman–Crippen MR) is 136 cm³/mol. The van der Waals surface area contributed by atoms with E-state index in [9.17, 15) is 4.79 Å². The van der Waals surface area contributed by atoms with Gasteiger partial charge in [-0.2, -0.15) is 4.98 Å². The molecule has 3 atom stereocenters. The van der Waals surface area contributed by atoms with Crippen LogP contribution in [-0.2, 0) is 14.0 Å². The highest BCUT2D eigenvalue weighted by Crippen LogP contribution is 2.38. The molecule has 0 aliphatic carbocycles. The predicted octanol–water partition coefficient (Wildman–Crippen LogP) is 3.12. The van der Waals surface area contributed by atoms with Gasteiger partial charge in [-0.25, -0.2) is 10.9 Å². The van der Waals surface area contributed by atoms with Gasteiger partial charge in [0.05, 0.1) is 18.3 Å². The topological polar surface area (TPSA) is 120 Å². The van der Waals surface area contributed by atoms with E-state index in [0.717, 1.165) is 3.57 Å². The molecular weight excluding hydrogens is 543 g/mol. The monoisotopic (exact) mass is 576 g/mol. The average molecular weight is 577 g/mol. The van der Waals surface area contributed by atoms with Gasteiger partial charge in [0.15, 0.2) is 14.0 Å². The molecule has 0 saturated carbocycles. The maximum Gasteiger partial charge on any atom is 0.262 e. The van der Waals surface area contributed by atoms with Crippen molar-refractivity contribution in [2.45, 2.75) is 63.8 Å². The van der Waals surface area contributed by atoms with Crippen molar-refractivity contribution in [1.29, 1.82) is 0 Å². The number of aliphatic imine (C=N–C) groups is 1. The zero-order chi connectivity index (χ0) is 23.8. The molecule has 0 amide bonds. The minimum atomic E-state index is -1.95. The molecule has 1 saturated heterocycles. The Morgan fingerprint density at radius 3 is 2.75 bits per heavy atom. The van der Waals surface area contributed by atoms with Crippen LogP contribution in [-0.4, -0.2) is 67.0 Å². The van der Waals surface area contributed by atoms with Crippen LogP contribution in [0.1, 0.15) is 33.4 Å². The lowest BCUT2D eigenvalue weighted by Gasteiger charge is -2.37. The van der Waals surface area contributed by atoms with Crippen molar-refractivity contribution in [2.24, 2.45) is 10.9 Å². The highest BCUT2D eigenvalue weighted by atomic mass is 127. The van der Waals surface area contributed by atoms with Crippen molar-refractivity contribution in [2.75, 3.05) is 20.7 Å². The number of ether oxygens (including phenoxy) is 1. The molecule has 10 nitrogen and oxygen atoms in total. The molecule has 3 rings (SSSR count). The average Bonchev–Trinajstić information content (AvgIpc) is 3.24. The van der Waals surface area contributed by atoms with Crippen LogP contribution in [0.5, 0.6) is 0 Å². The summed E-state index contributed by atoms with van der Waals surface area (Å²) in [5.74, 6) is 5.83. The Labute approximate surface area is 202 Å². The molecule has 0 aromatic carbocycles. The van der Waals surface area contributed by atoms with Gasteiger partial charge in [0, 0.05) is 30.3 Å². The third kappa shape index (κ3) is 5.25. The first-order chi connectivity index (χ1) is 14.8. The third-order valence-electron chi connectivity index (χ3n) is 6.11. The zero-order valence-corrected chi connectivity index (χ0v) is 22.8. The van der Waals surface area contributed by atoms with E-state index in [1.807, 2.05) is 24.9 Å². The Bertz CT molecular complexity index is 1050. The normalized spacial score (nSPS) is 22.3. The molecule has 1 aliphatic heterocycles. The largest absolute Gasteiger partial charge is 0.414 e. The van der Waals surface area contributed by atoms with Crippen LogP contribution in [0.15, 0.2) is 16.0 Å². The van der Waals surface area contributed by atoms with Gasteiger partial charge in [-0.1, -0.05) is 20.8 Å². The zero-order valence-electron chi connectivity index (χ0n) is 19.7. The van der Waals surface area contributed by atoms with Crippen LogP contribution in [0.25, 0.3) is 11.0 Å². The Morgan fingerprint density at radius 2 is 2.16 bits per heavy atom. The Kier molecular flexibility index (Phi) is 7.51. The van der Waals surface area contributed by atoms with Gasteiger partial charge in [0.2, 0.25) is 5.95 Å². The van der Waals surface area contributed by atoms with Crippen LogP contribution in [0.4, 0.5) is 5.95 Å². The maximum atomic E-state index is 12.7. The van der Waals surface area contributed by atoms with Crippen LogP contribution in [0.2, 0.25) is 18.1 Å². The van der Waals surface area contributed by atoms with E-state index in [2.05, 4.69) is 71.4 Å². The molecule has 1 unspecified atom stereocenters. The number of nitrogens with one attached hydrogen (secondary N) is 1. The van der Waals surface area contributed by atoms with E-state index in [1.54, 1.807) is 11.2 Å². The Balaban J connectivity index is 1.89. The minimum Gasteiger partial charge on any atom is -0.414 e. The van der Waals surface area contributed by atoms with Crippen LogP contribution >= 0.6 is 22.6 Å². The molecule has 2 aromatic rings. The second-order valence-corrected chi connectivity index (χ2v) is 15.8. The Hall–Kier alpha value is -1.32. The second-order valence-electron chi connectivity index (χ2n) is 9.79. The lowest BCUT2D eigenvalue weighted by molar-refractivity contribution is -0.0586. The van der Waals surface area contributed by atoms with E-state index < -0.39 is 8.32 Å². The molecule has 3 N–H and O–H groups in total. The Morgan fingerprint density at radius 1 is 1.47 bits per heavy atom. The molecule has 1 fully saturated rings. The first kappa shape index (κ1) is 25.3. The van der Waals surface area contributed by atoms with Crippen molar-refractivity contribution >= 4 is 54.2 Å². The number of halogens is 1. The number of nitrogens with zero attached hydrogens (tertiary/aromatic N) is 4. The number of hydrogen-bond acceptors (Lipinski definition) is 7. The van der Waals surface area contributed by atoms with E-state index >= 15 is 0 Å². The van der Waals surface area contributed by atoms with Gasteiger partial charge < -0.3 is 18.6 Å². The van der Waals surface area contributed by atoms with Crippen LogP contribution in [0.3, 0.4) is 0 Å². The molecule has 178 valence electrons. The summed E-state index contributed by atoms with van der Waals surface area (Å²) in [6.07, 6.45) is 2.94. The maximum absolute atomic E-state index is 12.7. The number of H-pyrrole nitrogens is 1. The fourth-order valence-corrected chi connectivity index (χ4v) is 5.02. The summed E-state index contributed by atoms with van der Waals surface area (Å²) >= 11 is 2.13. The molecular formula is C20H33IN6O4Si. The first-order valence-electron chi connectivity index (χ1n) is 10.5. The van der Waals surface area contributed by atoms with E-state index in [4.69, 9.17) is 19.9 Å². The second kappa shape index (κ2) is 9.50. The quantitative estimate of drug-likeness (QED) is 0.171. The molecule has 12 heteroatoms. The summed E-state index contributed by atoms with van der Waals surface area (Å²) in [7, 11) is 1.74. The summed E-state index contributed by atoms with van der Waals surface area (Å²) in [5, 5.41) is 0.592. The van der Waals surface area contributed by atoms with Crippen LogP contribution < -0.4 is 11.5 Å². The third-order valence-corrected chi connectivity index (χ3v) is 11.4. The van der Waals surface area contributed by atoms with Gasteiger partial charge >= 0.3 is 0 Å². The molecule has 0 radical (unpaired) electrons. The highest BCUT2D eigenvalue weighted by molar-refractivity contribution is 14.1. The number of aromatic amines is 1. The fraction of sp³-hybridized carbons (Fsp3) is 0.650. The lowest BCUT2D eigenvalue weighted by atomic mass is 10.2. The molecule has 2 aromatic heterocycles. The number of fused-ring (bicyclic) bond motifs is 1. The fourth-order valence-electron chi connectivity index (χ4n) is 3.22. The number of nitrogens with two attached hydrogens (primary N) is 1. The van der Waals surface area contributed by atoms with E-state index in [-0.39, 0.29) is 35.0 Å². The van der Waals surface area contributed by atoms with Crippen molar-refractivity contribution in [1.82, 2.24) is 19.4 Å². The SMILES string of the molecule is CN(C)C=Nc1nc2c(c(I)cn2[C@H]2CC(ON)[C@@H](CO[Si](C)(C)C(C)(C)C)O2)c(=O)[nH]1. The van der Waals surface area contributed by atoms with Gasteiger partial charge in [0.25, 0.3) is 5.56 Å². The van der Waals surface area contributed by atoms with Crippen molar-refractivity contribution in [3.05, 3.63) is 20.1 Å². The molecule has 0 bridgehead atoms. The smallest absolute Gasteiger partial charge is 0.262 e. The van der Waals surface area contributed by atoms with Gasteiger partial charge in [-0.15, -0.1) is 0 Å². The highest BCUT2D eigenvalue weighted by Gasteiger charge is 2.42. The van der Waals surface area contributed by atoms with Gasteiger partial charge in [-0.05, 0) is 40.7 Å². The number of hydrogen-bond donors (Lipinski definition) is 2. The first-order valence-corrected chi connectivity index (χ1v) is 14.5. The van der Waals surface area contributed by atoms with E-state index in [1.165, 1.54) is 0 Å². The number of rotatable bonds is 7.